The molecule has 1 aliphatic rings. The second kappa shape index (κ2) is 7.87. The van der Waals surface area contributed by atoms with Crippen LogP contribution in [0, 0.1) is 0 Å². The monoisotopic (exact) mass is 405 g/mol. The molecule has 0 bridgehead atoms. The van der Waals surface area contributed by atoms with Crippen molar-refractivity contribution in [1.29, 1.82) is 0 Å². The Morgan fingerprint density at radius 3 is 1.96 bits per heavy atom. The summed E-state index contributed by atoms with van der Waals surface area (Å²) in [7, 11) is 0. The lowest BCUT2D eigenvalue weighted by Crippen LogP contribution is -2.31. The van der Waals surface area contributed by atoms with Crippen molar-refractivity contribution in [3.63, 3.8) is 0 Å². The summed E-state index contributed by atoms with van der Waals surface area (Å²) >= 11 is 13.3. The first-order valence-electron chi connectivity index (χ1n) is 8.14. The average molecular weight is 406 g/mol. The smallest absolute Gasteiger partial charge is 0.268 e. The van der Waals surface area contributed by atoms with E-state index in [0.717, 1.165) is 5.56 Å². The quantitative estimate of drug-likeness (QED) is 0.623. The molecule has 0 aromatic heterocycles. The lowest BCUT2D eigenvalue weighted by molar-refractivity contribution is -0.137. The van der Waals surface area contributed by atoms with Gasteiger partial charge < -0.3 is 0 Å². The predicted octanol–water partition coefficient (Wildman–Crippen LogP) is 5.42. The highest BCUT2D eigenvalue weighted by Crippen LogP contribution is 2.38. The molecule has 2 aromatic carbocycles. The Morgan fingerprint density at radius 1 is 0.885 bits per heavy atom. The minimum Gasteiger partial charge on any atom is -0.269 e. The van der Waals surface area contributed by atoms with Crippen molar-refractivity contribution < 1.29 is 9.59 Å². The minimum atomic E-state index is -0.282. The first-order chi connectivity index (χ1) is 12.4. The molecule has 0 aliphatic carbocycles. The molecule has 26 heavy (non-hydrogen) atoms. The molecule has 134 valence electrons. The van der Waals surface area contributed by atoms with Crippen molar-refractivity contribution in [2.24, 2.45) is 0 Å². The van der Waals surface area contributed by atoms with Gasteiger partial charge in [0.25, 0.3) is 11.8 Å². The summed E-state index contributed by atoms with van der Waals surface area (Å²) in [5.74, 6) is -0.538. The number of hydrogen-bond donors (Lipinski definition) is 0. The van der Waals surface area contributed by atoms with Gasteiger partial charge in [0.05, 0.1) is 17.0 Å². The van der Waals surface area contributed by atoms with Crippen LogP contribution in [0.5, 0.6) is 0 Å². The van der Waals surface area contributed by atoms with Crippen LogP contribution >= 0.6 is 35.0 Å². The molecule has 0 saturated heterocycles. The number of hydrogen-bond acceptors (Lipinski definition) is 3. The molecule has 0 radical (unpaired) electrons. The van der Waals surface area contributed by atoms with Crippen molar-refractivity contribution in [3.8, 4) is 0 Å². The van der Waals surface area contributed by atoms with E-state index in [1.807, 2.05) is 26.0 Å². The zero-order valence-electron chi connectivity index (χ0n) is 14.3. The van der Waals surface area contributed by atoms with Gasteiger partial charge in [-0.15, -0.1) is 11.8 Å². The van der Waals surface area contributed by atoms with Gasteiger partial charge in [-0.1, -0.05) is 61.3 Å². The van der Waals surface area contributed by atoms with Gasteiger partial charge in [0.15, 0.2) is 0 Å². The fourth-order valence-electron chi connectivity index (χ4n) is 2.69. The fraction of sp³-hybridized carbons (Fsp3) is 0.200. The van der Waals surface area contributed by atoms with Crippen molar-refractivity contribution in [2.45, 2.75) is 25.6 Å². The number of thioether (sulfide) groups is 1. The van der Waals surface area contributed by atoms with Crippen LogP contribution in [0.1, 0.15) is 25.0 Å². The molecule has 2 aromatic rings. The molecule has 0 atom stereocenters. The molecular weight excluding hydrogens is 389 g/mol. The van der Waals surface area contributed by atoms with Crippen LogP contribution in [0.25, 0.3) is 5.57 Å². The highest BCUT2D eigenvalue weighted by molar-refractivity contribution is 8.04. The second-order valence-electron chi connectivity index (χ2n) is 6.20. The van der Waals surface area contributed by atoms with Crippen molar-refractivity contribution in [3.05, 3.63) is 74.6 Å². The molecule has 6 heteroatoms. The Balaban J connectivity index is 1.97. The van der Waals surface area contributed by atoms with E-state index in [9.17, 15) is 9.59 Å². The third-order valence-corrected chi connectivity index (χ3v) is 5.46. The van der Waals surface area contributed by atoms with Crippen LogP contribution in [0.15, 0.2) is 53.4 Å². The third kappa shape index (κ3) is 3.98. The molecule has 1 heterocycles. The molecule has 2 amide bonds. The number of benzene rings is 2. The van der Waals surface area contributed by atoms with Gasteiger partial charge in [-0.2, -0.15) is 0 Å². The van der Waals surface area contributed by atoms with Gasteiger partial charge in [-0.25, -0.2) is 0 Å². The van der Waals surface area contributed by atoms with Crippen LogP contribution in [-0.4, -0.2) is 22.0 Å². The molecule has 0 saturated carbocycles. The lowest BCUT2D eigenvalue weighted by atomic mass is 10.1. The van der Waals surface area contributed by atoms with Gasteiger partial charge in [-0.3, -0.25) is 14.5 Å². The lowest BCUT2D eigenvalue weighted by Gasteiger charge is -2.15. The van der Waals surface area contributed by atoms with E-state index in [1.54, 1.807) is 36.4 Å². The molecule has 0 spiro atoms. The van der Waals surface area contributed by atoms with Gasteiger partial charge >= 0.3 is 0 Å². The SMILES string of the molecule is CC(C)SC1=C(c2ccc(Cl)cc2)C(=O)N(Cc2ccc(Cl)cc2)C1=O. The number of halogens is 2. The summed E-state index contributed by atoms with van der Waals surface area (Å²) in [6, 6.07) is 14.1. The van der Waals surface area contributed by atoms with Crippen molar-refractivity contribution >= 4 is 52.4 Å². The Morgan fingerprint density at radius 2 is 1.42 bits per heavy atom. The van der Waals surface area contributed by atoms with Gasteiger partial charge in [0, 0.05) is 15.3 Å². The largest absolute Gasteiger partial charge is 0.269 e. The van der Waals surface area contributed by atoms with Gasteiger partial charge in [0.1, 0.15) is 0 Å². The van der Waals surface area contributed by atoms with E-state index < -0.39 is 0 Å². The summed E-state index contributed by atoms with van der Waals surface area (Å²) in [4.78, 5) is 27.8. The zero-order valence-corrected chi connectivity index (χ0v) is 16.7. The van der Waals surface area contributed by atoms with E-state index >= 15 is 0 Å². The molecule has 0 fully saturated rings. The molecule has 1 aliphatic heterocycles. The van der Waals surface area contributed by atoms with E-state index in [0.29, 0.717) is 26.1 Å². The minimum absolute atomic E-state index is 0.180. The first-order valence-corrected chi connectivity index (χ1v) is 9.78. The Bertz CT molecular complexity index is 874. The van der Waals surface area contributed by atoms with E-state index in [-0.39, 0.29) is 23.6 Å². The average Bonchev–Trinajstić information content (AvgIpc) is 2.82. The van der Waals surface area contributed by atoms with Crippen LogP contribution in [0.2, 0.25) is 10.0 Å². The van der Waals surface area contributed by atoms with Crippen LogP contribution in [-0.2, 0) is 16.1 Å². The first kappa shape index (κ1) is 19.0. The van der Waals surface area contributed by atoms with Crippen molar-refractivity contribution in [1.82, 2.24) is 4.90 Å². The normalized spacial score (nSPS) is 14.7. The highest BCUT2D eigenvalue weighted by Gasteiger charge is 2.39. The van der Waals surface area contributed by atoms with E-state index in [4.69, 9.17) is 23.2 Å². The molecule has 0 N–H and O–H groups in total. The maximum atomic E-state index is 13.0. The predicted molar refractivity (Wildman–Crippen MR) is 108 cm³/mol. The van der Waals surface area contributed by atoms with E-state index in [2.05, 4.69) is 0 Å². The molecule has 3 nitrogen and oxygen atoms in total. The molecular formula is C20H17Cl2NO2S. The third-order valence-electron chi connectivity index (χ3n) is 3.87. The van der Waals surface area contributed by atoms with Gasteiger partial charge in [-0.05, 0) is 35.4 Å². The van der Waals surface area contributed by atoms with Crippen LogP contribution in [0.3, 0.4) is 0 Å². The summed E-state index contributed by atoms with van der Waals surface area (Å²) in [5, 5.41) is 1.38. The highest BCUT2D eigenvalue weighted by atomic mass is 35.5. The fourth-order valence-corrected chi connectivity index (χ4v) is 3.94. The van der Waals surface area contributed by atoms with E-state index in [1.165, 1.54) is 16.7 Å². The topological polar surface area (TPSA) is 37.4 Å². The van der Waals surface area contributed by atoms with Crippen LogP contribution in [0.4, 0.5) is 0 Å². The molecule has 0 unspecified atom stereocenters. The number of carbonyl (C=O) groups excluding carboxylic acids is 2. The maximum absolute atomic E-state index is 13.0. The number of carbonyl (C=O) groups is 2. The Kier molecular flexibility index (Phi) is 5.76. The number of rotatable bonds is 5. The number of nitrogens with zero attached hydrogens (tertiary/aromatic N) is 1. The Hall–Kier alpha value is -1.75. The molecule has 3 rings (SSSR count). The number of amides is 2. The summed E-state index contributed by atoms with van der Waals surface area (Å²) in [5.41, 5.74) is 2.00. The maximum Gasteiger partial charge on any atom is 0.268 e. The van der Waals surface area contributed by atoms with Crippen molar-refractivity contribution in [2.75, 3.05) is 0 Å². The zero-order chi connectivity index (χ0) is 18.8. The summed E-state index contributed by atoms with van der Waals surface area (Å²) < 4.78 is 0. The standard InChI is InChI=1S/C20H17Cl2NO2S/c1-12(2)26-18-17(14-5-9-16(22)10-6-14)19(24)23(20(18)25)11-13-3-7-15(21)8-4-13/h3-10,12H,11H2,1-2H3. The number of imide groups is 1. The second-order valence-corrected chi connectivity index (χ2v) is 8.66. The Labute approximate surface area is 167 Å². The summed E-state index contributed by atoms with van der Waals surface area (Å²) in [6.07, 6.45) is 0. The van der Waals surface area contributed by atoms with Crippen LogP contribution < -0.4 is 0 Å². The van der Waals surface area contributed by atoms with Gasteiger partial charge in [0.2, 0.25) is 0 Å². The summed E-state index contributed by atoms with van der Waals surface area (Å²) in [6.45, 7) is 4.21.